The number of aromatic nitrogens is 5. The van der Waals surface area contributed by atoms with E-state index in [1.54, 1.807) is 6.33 Å². The molecule has 232 valence electrons. The Kier molecular flexibility index (Phi) is 8.46. The minimum Gasteiger partial charge on any atom is -0.444 e. The summed E-state index contributed by atoms with van der Waals surface area (Å²) in [4.78, 5) is 26.0. The standard InChI is InChI=1S/C31H46N8O3Si/c1-29(2,3)42-28(40)36-14-10-30(4,11-15-36)38-20-31(21-38,9-12-32)39-19-24(18-35-39)26-25-8-13-37(27(25)34-22-33-26)23-41-16-17-43(5,6)7/h8,13,18-19,22H,9-11,14-17,20-21,23H2,1-7H3. The molecule has 5 heterocycles. The third-order valence-corrected chi connectivity index (χ3v) is 10.5. The van der Waals surface area contributed by atoms with Gasteiger partial charge in [0.15, 0.2) is 0 Å². The van der Waals surface area contributed by atoms with Gasteiger partial charge in [-0.2, -0.15) is 10.4 Å². The van der Waals surface area contributed by atoms with Crippen molar-refractivity contribution in [1.82, 2.24) is 34.1 Å². The molecular weight excluding hydrogens is 560 g/mol. The van der Waals surface area contributed by atoms with Gasteiger partial charge in [0.2, 0.25) is 0 Å². The Balaban J connectivity index is 1.26. The van der Waals surface area contributed by atoms with E-state index in [1.807, 2.05) is 59.6 Å². The molecule has 0 aliphatic carbocycles. The average molecular weight is 607 g/mol. The van der Waals surface area contributed by atoms with E-state index in [-0.39, 0.29) is 11.6 Å². The predicted molar refractivity (Wildman–Crippen MR) is 168 cm³/mol. The zero-order chi connectivity index (χ0) is 31.0. The van der Waals surface area contributed by atoms with Gasteiger partial charge in [0.25, 0.3) is 0 Å². The molecule has 3 aromatic rings. The molecule has 0 radical (unpaired) electrons. The van der Waals surface area contributed by atoms with Gasteiger partial charge in [-0.3, -0.25) is 9.58 Å². The summed E-state index contributed by atoms with van der Waals surface area (Å²) in [5.74, 6) is 0. The minimum atomic E-state index is -1.15. The monoisotopic (exact) mass is 606 g/mol. The third-order valence-electron chi connectivity index (χ3n) is 8.76. The Morgan fingerprint density at radius 2 is 1.88 bits per heavy atom. The molecule has 0 saturated carbocycles. The Hall–Kier alpha value is -3.27. The van der Waals surface area contributed by atoms with E-state index in [0.717, 1.165) is 60.9 Å². The highest BCUT2D eigenvalue weighted by Crippen LogP contribution is 2.42. The molecule has 0 bridgehead atoms. The second-order valence-electron chi connectivity index (χ2n) is 14.6. The van der Waals surface area contributed by atoms with E-state index in [0.29, 0.717) is 26.2 Å². The molecule has 2 saturated heterocycles. The van der Waals surface area contributed by atoms with E-state index < -0.39 is 19.2 Å². The first-order valence-corrected chi connectivity index (χ1v) is 19.0. The Morgan fingerprint density at radius 1 is 1.16 bits per heavy atom. The second-order valence-corrected chi connectivity index (χ2v) is 20.3. The average Bonchev–Trinajstić information content (AvgIpc) is 3.55. The van der Waals surface area contributed by atoms with E-state index in [9.17, 15) is 10.1 Å². The zero-order valence-corrected chi connectivity index (χ0v) is 27.8. The van der Waals surface area contributed by atoms with Crippen LogP contribution in [0.25, 0.3) is 22.3 Å². The molecule has 0 atom stereocenters. The van der Waals surface area contributed by atoms with Gasteiger partial charge in [0, 0.05) is 69.7 Å². The lowest BCUT2D eigenvalue weighted by Gasteiger charge is -2.58. The highest BCUT2D eigenvalue weighted by Gasteiger charge is 2.52. The highest BCUT2D eigenvalue weighted by atomic mass is 28.3. The van der Waals surface area contributed by atoms with Crippen molar-refractivity contribution >= 4 is 25.2 Å². The lowest BCUT2D eigenvalue weighted by Crippen LogP contribution is -2.70. The van der Waals surface area contributed by atoms with Crippen molar-refractivity contribution in [3.05, 3.63) is 31.0 Å². The third kappa shape index (κ3) is 6.79. The summed E-state index contributed by atoms with van der Waals surface area (Å²) in [6.45, 7) is 19.0. The smallest absolute Gasteiger partial charge is 0.410 e. The number of piperidine rings is 1. The molecule has 0 unspecified atom stereocenters. The number of hydrogen-bond donors (Lipinski definition) is 0. The molecule has 11 nitrogen and oxygen atoms in total. The summed E-state index contributed by atoms with van der Waals surface area (Å²) in [5.41, 5.74) is 1.60. The van der Waals surface area contributed by atoms with E-state index in [4.69, 9.17) is 14.6 Å². The normalized spacial score (nSPS) is 18.8. The first kappa shape index (κ1) is 31.2. The van der Waals surface area contributed by atoms with Gasteiger partial charge in [0.1, 0.15) is 29.8 Å². The first-order valence-electron chi connectivity index (χ1n) is 15.3. The largest absolute Gasteiger partial charge is 0.444 e. The van der Waals surface area contributed by atoms with Crippen LogP contribution in [0, 0.1) is 11.3 Å². The molecule has 2 fully saturated rings. The number of amides is 1. The molecule has 12 heteroatoms. The maximum absolute atomic E-state index is 12.6. The van der Waals surface area contributed by atoms with Gasteiger partial charge < -0.3 is 18.9 Å². The summed E-state index contributed by atoms with van der Waals surface area (Å²) in [7, 11) is -1.15. The molecule has 1 amide bonds. The van der Waals surface area contributed by atoms with Gasteiger partial charge in [-0.1, -0.05) is 19.6 Å². The fraction of sp³-hybridized carbons (Fsp3) is 0.645. The molecule has 0 aromatic carbocycles. The van der Waals surface area contributed by atoms with Crippen molar-refractivity contribution in [2.45, 2.75) is 96.1 Å². The maximum atomic E-state index is 12.6. The van der Waals surface area contributed by atoms with Crippen molar-refractivity contribution in [2.24, 2.45) is 0 Å². The van der Waals surface area contributed by atoms with Crippen LogP contribution in [-0.2, 0) is 21.7 Å². The van der Waals surface area contributed by atoms with Crippen molar-refractivity contribution < 1.29 is 14.3 Å². The number of hydrogen-bond acceptors (Lipinski definition) is 8. The summed E-state index contributed by atoms with van der Waals surface area (Å²) in [6.07, 6.45) is 9.29. The second kappa shape index (κ2) is 11.7. The van der Waals surface area contributed by atoms with Crippen LogP contribution in [0.2, 0.25) is 25.7 Å². The van der Waals surface area contributed by atoms with E-state index in [1.165, 1.54) is 0 Å². The zero-order valence-electron chi connectivity index (χ0n) is 26.8. The van der Waals surface area contributed by atoms with Crippen LogP contribution >= 0.6 is 0 Å². The Labute approximate surface area is 255 Å². The number of rotatable bonds is 9. The fourth-order valence-electron chi connectivity index (χ4n) is 5.93. The summed E-state index contributed by atoms with van der Waals surface area (Å²) in [5, 5.41) is 15.5. The minimum absolute atomic E-state index is 0.0493. The van der Waals surface area contributed by atoms with Crippen LogP contribution in [-0.4, -0.2) is 92.2 Å². The van der Waals surface area contributed by atoms with Gasteiger partial charge in [-0.05, 0) is 52.6 Å². The molecule has 0 N–H and O–H groups in total. The molecule has 43 heavy (non-hydrogen) atoms. The van der Waals surface area contributed by atoms with Crippen LogP contribution in [0.5, 0.6) is 0 Å². The summed E-state index contributed by atoms with van der Waals surface area (Å²) >= 11 is 0. The molecule has 2 aliphatic rings. The van der Waals surface area contributed by atoms with Crippen molar-refractivity contribution in [3.63, 3.8) is 0 Å². The number of ether oxygens (including phenoxy) is 2. The molecule has 0 spiro atoms. The lowest BCUT2D eigenvalue weighted by atomic mass is 9.78. The van der Waals surface area contributed by atoms with Gasteiger partial charge in [-0.15, -0.1) is 0 Å². The quantitative estimate of drug-likeness (QED) is 0.238. The molecule has 5 rings (SSSR count). The maximum Gasteiger partial charge on any atom is 0.410 e. The number of nitrogens with zero attached hydrogens (tertiary/aromatic N) is 8. The Bertz CT molecular complexity index is 1480. The first-order chi connectivity index (χ1) is 20.2. The van der Waals surface area contributed by atoms with E-state index in [2.05, 4.69) is 47.5 Å². The Morgan fingerprint density at radius 3 is 2.53 bits per heavy atom. The predicted octanol–water partition coefficient (Wildman–Crippen LogP) is 5.32. The molecule has 3 aromatic heterocycles. The van der Waals surface area contributed by atoms with Crippen LogP contribution in [0.15, 0.2) is 31.0 Å². The number of carbonyl (C=O) groups is 1. The van der Waals surface area contributed by atoms with Crippen molar-refractivity contribution in [3.8, 4) is 17.3 Å². The highest BCUT2D eigenvalue weighted by molar-refractivity contribution is 6.76. The summed E-state index contributed by atoms with van der Waals surface area (Å²) in [6, 6.07) is 5.56. The van der Waals surface area contributed by atoms with Gasteiger partial charge in [0.05, 0.1) is 24.4 Å². The number of carbonyl (C=O) groups excluding carboxylic acids is 1. The number of likely N-dealkylation sites (tertiary alicyclic amines) is 2. The number of nitriles is 1. The SMILES string of the molecule is CC(C)(C)OC(=O)N1CCC(C)(N2CC(CC#N)(n3cc(-c4ncnc5c4ccn5COCC[Si](C)(C)C)cn3)C2)CC1. The molecule has 2 aliphatic heterocycles. The summed E-state index contributed by atoms with van der Waals surface area (Å²) < 4.78 is 15.5. The van der Waals surface area contributed by atoms with Gasteiger partial charge >= 0.3 is 6.09 Å². The lowest BCUT2D eigenvalue weighted by molar-refractivity contribution is -0.0883. The van der Waals surface area contributed by atoms with Crippen LogP contribution in [0.3, 0.4) is 0 Å². The van der Waals surface area contributed by atoms with Crippen LogP contribution in [0.1, 0.15) is 47.0 Å². The van der Waals surface area contributed by atoms with E-state index >= 15 is 0 Å². The van der Waals surface area contributed by atoms with Crippen LogP contribution < -0.4 is 0 Å². The fourth-order valence-corrected chi connectivity index (χ4v) is 6.68. The van der Waals surface area contributed by atoms with Gasteiger partial charge in [-0.25, -0.2) is 14.8 Å². The van der Waals surface area contributed by atoms with Crippen molar-refractivity contribution in [1.29, 1.82) is 5.26 Å². The topological polar surface area (TPSA) is 114 Å². The van der Waals surface area contributed by atoms with Crippen molar-refractivity contribution in [2.75, 3.05) is 32.8 Å². The molecular formula is C31H46N8O3Si. The number of fused-ring (bicyclic) bond motifs is 1. The van der Waals surface area contributed by atoms with Crippen LogP contribution in [0.4, 0.5) is 4.79 Å².